The van der Waals surface area contributed by atoms with Crippen LogP contribution in [-0.2, 0) is 0 Å². The minimum atomic E-state index is -0.301. The van der Waals surface area contributed by atoms with Crippen LogP contribution in [0.3, 0.4) is 0 Å². The van der Waals surface area contributed by atoms with E-state index in [1.165, 1.54) is 17.7 Å². The highest BCUT2D eigenvalue weighted by Gasteiger charge is 2.54. The van der Waals surface area contributed by atoms with Crippen molar-refractivity contribution in [1.82, 2.24) is 9.80 Å². The van der Waals surface area contributed by atoms with Crippen molar-refractivity contribution < 1.29 is 9.18 Å². The zero-order chi connectivity index (χ0) is 19.7. The van der Waals surface area contributed by atoms with E-state index in [0.717, 1.165) is 32.5 Å². The zero-order valence-electron chi connectivity index (χ0n) is 16.6. The minimum Gasteiger partial charge on any atom is -0.324 e. The number of anilines is 1. The number of halogens is 1. The summed E-state index contributed by atoms with van der Waals surface area (Å²) in [5.41, 5.74) is 2.26. The van der Waals surface area contributed by atoms with Gasteiger partial charge in [0, 0.05) is 42.8 Å². The van der Waals surface area contributed by atoms with Gasteiger partial charge in [-0.15, -0.1) is 0 Å². The molecule has 5 heteroatoms. The topological polar surface area (TPSA) is 35.6 Å². The number of piperidine rings is 1. The zero-order valence-corrected chi connectivity index (χ0v) is 16.6. The summed E-state index contributed by atoms with van der Waals surface area (Å²) in [6, 6.07) is 17.5. The number of carbonyl (C=O) groups excluding carboxylic acids is 1. The molecule has 1 N–H and O–H groups in total. The lowest BCUT2D eigenvalue weighted by molar-refractivity contribution is -0.123. The second-order valence-electron chi connectivity index (χ2n) is 8.37. The van der Waals surface area contributed by atoms with Crippen LogP contribution in [0.15, 0.2) is 54.6 Å². The van der Waals surface area contributed by atoms with Gasteiger partial charge < -0.3 is 10.2 Å². The quantitative estimate of drug-likeness (QED) is 0.820. The first-order chi connectivity index (χ1) is 13.5. The Morgan fingerprint density at radius 3 is 2.32 bits per heavy atom. The van der Waals surface area contributed by atoms with E-state index in [2.05, 4.69) is 54.4 Å². The smallest absolute Gasteiger partial charge is 0.321 e. The van der Waals surface area contributed by atoms with Crippen LogP contribution in [0.5, 0.6) is 0 Å². The largest absolute Gasteiger partial charge is 0.324 e. The van der Waals surface area contributed by atoms with Crippen LogP contribution in [0.4, 0.5) is 14.9 Å². The molecule has 0 radical (unpaired) electrons. The second kappa shape index (κ2) is 7.55. The molecule has 2 aromatic carbocycles. The summed E-state index contributed by atoms with van der Waals surface area (Å²) in [7, 11) is 0. The maximum Gasteiger partial charge on any atom is 0.321 e. The van der Waals surface area contributed by atoms with E-state index in [-0.39, 0.29) is 17.3 Å². The number of hydrogen-bond donors (Lipinski definition) is 1. The average molecular weight is 381 g/mol. The molecule has 2 fully saturated rings. The van der Waals surface area contributed by atoms with E-state index in [4.69, 9.17) is 0 Å². The van der Waals surface area contributed by atoms with Crippen molar-refractivity contribution in [2.45, 2.75) is 38.8 Å². The van der Waals surface area contributed by atoms with Gasteiger partial charge >= 0.3 is 6.03 Å². The van der Waals surface area contributed by atoms with Gasteiger partial charge in [-0.25, -0.2) is 9.18 Å². The number of benzene rings is 2. The maximum absolute atomic E-state index is 13.0. The van der Waals surface area contributed by atoms with Crippen molar-refractivity contribution in [3.63, 3.8) is 0 Å². The van der Waals surface area contributed by atoms with Crippen LogP contribution < -0.4 is 5.32 Å². The first-order valence-corrected chi connectivity index (χ1v) is 10.1. The van der Waals surface area contributed by atoms with Gasteiger partial charge in [0.05, 0.1) is 0 Å². The van der Waals surface area contributed by atoms with Crippen LogP contribution in [0.25, 0.3) is 0 Å². The number of nitrogens with one attached hydrogen (secondary N) is 1. The number of amides is 2. The third kappa shape index (κ3) is 3.51. The number of likely N-dealkylation sites (tertiary alicyclic amines) is 2. The molecule has 2 aliphatic rings. The first-order valence-electron chi connectivity index (χ1n) is 10.1. The van der Waals surface area contributed by atoms with E-state index in [0.29, 0.717) is 17.8 Å². The molecule has 0 aromatic heterocycles. The number of carbonyl (C=O) groups is 1. The molecule has 1 atom stereocenters. The van der Waals surface area contributed by atoms with E-state index in [1.54, 1.807) is 12.1 Å². The van der Waals surface area contributed by atoms with Crippen molar-refractivity contribution in [1.29, 1.82) is 0 Å². The highest BCUT2D eigenvalue weighted by atomic mass is 19.1. The molecule has 2 saturated heterocycles. The lowest BCUT2D eigenvalue weighted by Gasteiger charge is -2.62. The van der Waals surface area contributed by atoms with Crippen molar-refractivity contribution >= 4 is 11.7 Å². The molecule has 0 bridgehead atoms. The van der Waals surface area contributed by atoms with Crippen molar-refractivity contribution in [3.05, 3.63) is 66.0 Å². The van der Waals surface area contributed by atoms with Gasteiger partial charge in [-0.3, -0.25) is 4.90 Å². The molecule has 148 valence electrons. The van der Waals surface area contributed by atoms with Gasteiger partial charge in [-0.1, -0.05) is 30.3 Å². The summed E-state index contributed by atoms with van der Waals surface area (Å²) in [5.74, 6) is -0.301. The predicted octanol–water partition coefficient (Wildman–Crippen LogP) is 4.91. The average Bonchev–Trinajstić information content (AvgIpc) is 2.69. The molecule has 4 nitrogen and oxygen atoms in total. The van der Waals surface area contributed by atoms with Crippen LogP contribution in [-0.4, -0.2) is 41.5 Å². The molecule has 28 heavy (non-hydrogen) atoms. The highest BCUT2D eigenvalue weighted by Crippen LogP contribution is 2.55. The Bertz CT molecular complexity index is 814. The first kappa shape index (κ1) is 18.9. The predicted molar refractivity (Wildman–Crippen MR) is 110 cm³/mol. The fourth-order valence-corrected chi connectivity index (χ4v) is 4.76. The van der Waals surface area contributed by atoms with E-state index < -0.39 is 0 Å². The molecule has 1 unspecified atom stereocenters. The minimum absolute atomic E-state index is 0.0993. The number of hydrogen-bond acceptors (Lipinski definition) is 2. The van der Waals surface area contributed by atoms with Gasteiger partial charge in [0.2, 0.25) is 0 Å². The lowest BCUT2D eigenvalue weighted by Crippen LogP contribution is -2.64. The third-order valence-electron chi connectivity index (χ3n) is 6.33. The van der Waals surface area contributed by atoms with Gasteiger partial charge in [-0.2, -0.15) is 0 Å². The maximum atomic E-state index is 13.0. The fourth-order valence-electron chi connectivity index (χ4n) is 4.76. The number of urea groups is 1. The summed E-state index contributed by atoms with van der Waals surface area (Å²) >= 11 is 0. The summed E-state index contributed by atoms with van der Waals surface area (Å²) in [6.45, 7) is 7.12. The molecule has 2 heterocycles. The monoisotopic (exact) mass is 381 g/mol. The Balaban J connectivity index is 1.42. The molecular formula is C23H28FN3O. The summed E-state index contributed by atoms with van der Waals surface area (Å²) in [5, 5.41) is 2.88. The normalized spacial score (nSPS) is 21.6. The Labute approximate surface area is 166 Å². The lowest BCUT2D eigenvalue weighted by atomic mass is 9.62. The molecule has 4 rings (SSSR count). The molecular weight excluding hydrogens is 353 g/mol. The molecule has 2 aromatic rings. The Morgan fingerprint density at radius 1 is 1.07 bits per heavy atom. The molecule has 0 aliphatic carbocycles. The van der Waals surface area contributed by atoms with Crippen molar-refractivity contribution in [2.75, 3.05) is 25.0 Å². The highest BCUT2D eigenvalue weighted by molar-refractivity contribution is 5.89. The van der Waals surface area contributed by atoms with Crippen molar-refractivity contribution in [3.8, 4) is 0 Å². The van der Waals surface area contributed by atoms with Gasteiger partial charge in [0.15, 0.2) is 0 Å². The summed E-state index contributed by atoms with van der Waals surface area (Å²) < 4.78 is 13.0. The molecule has 2 amide bonds. The van der Waals surface area contributed by atoms with Gasteiger partial charge in [0.1, 0.15) is 5.82 Å². The van der Waals surface area contributed by atoms with Crippen LogP contribution in [0.2, 0.25) is 0 Å². The molecule has 0 saturated carbocycles. The summed E-state index contributed by atoms with van der Waals surface area (Å²) in [4.78, 5) is 17.1. The number of rotatable bonds is 3. The van der Waals surface area contributed by atoms with Crippen LogP contribution in [0.1, 0.15) is 38.3 Å². The fraction of sp³-hybridized carbons (Fsp3) is 0.435. The van der Waals surface area contributed by atoms with Crippen LogP contribution >= 0.6 is 0 Å². The Morgan fingerprint density at radius 2 is 1.71 bits per heavy atom. The summed E-state index contributed by atoms with van der Waals surface area (Å²) in [6.07, 6.45) is 2.01. The Hall–Kier alpha value is -2.40. The second-order valence-corrected chi connectivity index (χ2v) is 8.37. The Kier molecular flexibility index (Phi) is 5.11. The van der Waals surface area contributed by atoms with E-state index >= 15 is 0 Å². The van der Waals surface area contributed by atoms with Gasteiger partial charge in [-0.05, 0) is 56.5 Å². The molecule has 2 aliphatic heterocycles. The van der Waals surface area contributed by atoms with Crippen molar-refractivity contribution in [2.24, 2.45) is 5.41 Å². The van der Waals surface area contributed by atoms with Gasteiger partial charge in [0.25, 0.3) is 0 Å². The van der Waals surface area contributed by atoms with Crippen LogP contribution in [0, 0.1) is 11.2 Å². The third-order valence-corrected chi connectivity index (χ3v) is 6.33. The standard InChI is InChI=1S/C23H28FN3O/c1-17(2)27-16-23(21(27)18-6-4-3-5-7-18)12-14-26(15-13-23)22(28)25-20-10-8-19(24)9-11-20/h3-11,17,21H,12-16H2,1-2H3,(H,25,28). The SMILES string of the molecule is CC(C)N1CC2(CCN(C(=O)Nc3ccc(F)cc3)CC2)C1c1ccccc1. The molecule has 1 spiro atoms. The van der Waals surface area contributed by atoms with E-state index in [9.17, 15) is 9.18 Å². The number of nitrogens with zero attached hydrogens (tertiary/aromatic N) is 2. The van der Waals surface area contributed by atoms with E-state index in [1.807, 2.05) is 4.90 Å².